The molecule has 0 saturated carbocycles. The van der Waals surface area contributed by atoms with Gasteiger partial charge in [0, 0.05) is 6.07 Å². The van der Waals surface area contributed by atoms with E-state index in [9.17, 15) is 0 Å². The lowest BCUT2D eigenvalue weighted by molar-refractivity contribution is 0.397. The zero-order valence-electron chi connectivity index (χ0n) is 8.82. The van der Waals surface area contributed by atoms with Crippen molar-refractivity contribution in [3.05, 3.63) is 17.4 Å². The molecule has 5 nitrogen and oxygen atoms in total. The van der Waals surface area contributed by atoms with Gasteiger partial charge in [-0.2, -0.15) is 0 Å². The third-order valence-electron chi connectivity index (χ3n) is 2.20. The molecule has 84 valence electrons. The van der Waals surface area contributed by atoms with Crippen LogP contribution in [-0.2, 0) is 0 Å². The van der Waals surface area contributed by atoms with Gasteiger partial charge in [-0.25, -0.2) is 9.97 Å². The second kappa shape index (κ2) is 4.02. The summed E-state index contributed by atoms with van der Waals surface area (Å²) in [5, 5.41) is 0.745. The Morgan fingerprint density at radius 2 is 1.94 bits per heavy atom. The Hall–Kier alpha value is -1.75. The third kappa shape index (κ3) is 1.69. The fraction of sp³-hybridized carbons (Fsp3) is 0.200. The van der Waals surface area contributed by atoms with Gasteiger partial charge in [0.2, 0.25) is 5.28 Å². The molecule has 2 N–H and O–H groups in total. The average Bonchev–Trinajstić information content (AvgIpc) is 2.28. The number of nitrogens with zero attached hydrogens (tertiary/aromatic N) is 2. The Morgan fingerprint density at radius 3 is 2.56 bits per heavy atom. The molecule has 0 spiro atoms. The van der Waals surface area contributed by atoms with Crippen molar-refractivity contribution in [2.75, 3.05) is 20.0 Å². The molecule has 1 aromatic carbocycles. The summed E-state index contributed by atoms with van der Waals surface area (Å²) in [6.07, 6.45) is 0. The number of hydrogen-bond donors (Lipinski definition) is 1. The van der Waals surface area contributed by atoms with Crippen LogP contribution >= 0.6 is 11.6 Å². The van der Waals surface area contributed by atoms with Crippen molar-refractivity contribution in [3.63, 3.8) is 0 Å². The SMILES string of the molecule is COc1cc(OC)c2nc(Cl)nc(N)c2c1. The molecule has 0 aliphatic heterocycles. The summed E-state index contributed by atoms with van der Waals surface area (Å²) in [5.41, 5.74) is 6.33. The Balaban J connectivity index is 2.83. The molecule has 0 fully saturated rings. The van der Waals surface area contributed by atoms with Crippen LogP contribution in [0, 0.1) is 0 Å². The predicted molar refractivity (Wildman–Crippen MR) is 62.1 cm³/mol. The van der Waals surface area contributed by atoms with Gasteiger partial charge in [0.25, 0.3) is 0 Å². The van der Waals surface area contributed by atoms with Gasteiger partial charge in [-0.05, 0) is 17.7 Å². The van der Waals surface area contributed by atoms with Crippen LogP contribution in [0.1, 0.15) is 0 Å². The predicted octanol–water partition coefficient (Wildman–Crippen LogP) is 1.88. The molecule has 16 heavy (non-hydrogen) atoms. The van der Waals surface area contributed by atoms with Gasteiger partial charge >= 0.3 is 0 Å². The topological polar surface area (TPSA) is 70.3 Å². The Morgan fingerprint density at radius 1 is 1.19 bits per heavy atom. The number of ether oxygens (including phenoxy) is 2. The van der Waals surface area contributed by atoms with Crippen molar-refractivity contribution in [1.82, 2.24) is 9.97 Å². The molecule has 2 aromatic rings. The fourth-order valence-electron chi connectivity index (χ4n) is 1.44. The summed E-state index contributed by atoms with van der Waals surface area (Å²) in [6, 6.07) is 3.45. The average molecular weight is 240 g/mol. The molecular formula is C10H10ClN3O2. The fourth-order valence-corrected chi connectivity index (χ4v) is 1.62. The minimum atomic E-state index is 0.0912. The standard InChI is InChI=1S/C10H10ClN3O2/c1-15-5-3-6-8(7(4-5)16-2)13-10(11)14-9(6)12/h3-4H,1-2H3,(H2,12,13,14). The van der Waals surface area contributed by atoms with Gasteiger partial charge < -0.3 is 15.2 Å². The van der Waals surface area contributed by atoms with Gasteiger partial charge in [-0.1, -0.05) is 0 Å². The van der Waals surface area contributed by atoms with Crippen LogP contribution < -0.4 is 15.2 Å². The number of rotatable bonds is 2. The molecule has 0 atom stereocenters. The molecule has 0 bridgehead atoms. The maximum Gasteiger partial charge on any atom is 0.225 e. The number of nitrogen functional groups attached to an aromatic ring is 1. The van der Waals surface area contributed by atoms with E-state index in [1.807, 2.05) is 0 Å². The monoisotopic (exact) mass is 239 g/mol. The maximum absolute atomic E-state index is 5.76. The smallest absolute Gasteiger partial charge is 0.225 e. The number of halogens is 1. The number of hydrogen-bond acceptors (Lipinski definition) is 5. The normalized spacial score (nSPS) is 10.4. The number of benzene rings is 1. The highest BCUT2D eigenvalue weighted by molar-refractivity contribution is 6.28. The van der Waals surface area contributed by atoms with E-state index in [1.54, 1.807) is 26.4 Å². The van der Waals surface area contributed by atoms with E-state index < -0.39 is 0 Å². The first-order chi connectivity index (χ1) is 7.65. The van der Waals surface area contributed by atoms with Gasteiger partial charge in [-0.3, -0.25) is 0 Å². The van der Waals surface area contributed by atoms with Crippen molar-refractivity contribution in [2.24, 2.45) is 0 Å². The Bertz CT molecular complexity index is 545. The van der Waals surface area contributed by atoms with Crippen LogP contribution in [0.5, 0.6) is 11.5 Å². The molecule has 0 amide bonds. The van der Waals surface area contributed by atoms with Crippen LogP contribution in [0.2, 0.25) is 5.28 Å². The van der Waals surface area contributed by atoms with Crippen molar-refractivity contribution in [2.45, 2.75) is 0 Å². The number of aromatic nitrogens is 2. The van der Waals surface area contributed by atoms with Gasteiger partial charge in [0.15, 0.2) is 0 Å². The Kier molecular flexibility index (Phi) is 2.70. The van der Waals surface area contributed by atoms with Crippen LogP contribution in [0.25, 0.3) is 10.9 Å². The molecule has 0 radical (unpaired) electrons. The van der Waals surface area contributed by atoms with E-state index in [0.717, 1.165) is 0 Å². The zero-order valence-corrected chi connectivity index (χ0v) is 9.58. The third-order valence-corrected chi connectivity index (χ3v) is 2.37. The minimum Gasteiger partial charge on any atom is -0.497 e. The molecule has 6 heteroatoms. The van der Waals surface area contributed by atoms with Crippen molar-refractivity contribution < 1.29 is 9.47 Å². The van der Waals surface area contributed by atoms with E-state index in [4.69, 9.17) is 26.8 Å². The van der Waals surface area contributed by atoms with E-state index in [1.165, 1.54) is 0 Å². The van der Waals surface area contributed by atoms with Crippen molar-refractivity contribution in [3.8, 4) is 11.5 Å². The highest BCUT2D eigenvalue weighted by atomic mass is 35.5. The van der Waals surface area contributed by atoms with E-state index in [2.05, 4.69) is 9.97 Å². The number of nitrogens with two attached hydrogens (primary N) is 1. The van der Waals surface area contributed by atoms with Crippen molar-refractivity contribution >= 4 is 28.3 Å². The van der Waals surface area contributed by atoms with Crippen LogP contribution in [0.15, 0.2) is 12.1 Å². The summed E-state index contributed by atoms with van der Waals surface area (Å²) >= 11 is 5.74. The quantitative estimate of drug-likeness (QED) is 0.811. The molecule has 0 saturated heterocycles. The lowest BCUT2D eigenvalue weighted by Crippen LogP contribution is -1.98. The van der Waals surface area contributed by atoms with Gasteiger partial charge in [0.1, 0.15) is 22.8 Å². The molecule has 0 aliphatic carbocycles. The highest BCUT2D eigenvalue weighted by Gasteiger charge is 2.11. The van der Waals surface area contributed by atoms with Gasteiger partial charge in [-0.15, -0.1) is 0 Å². The lowest BCUT2D eigenvalue weighted by atomic mass is 10.2. The second-order valence-electron chi connectivity index (χ2n) is 3.10. The number of methoxy groups -OCH3 is 2. The summed E-state index contributed by atoms with van der Waals surface area (Å²) in [4.78, 5) is 7.95. The lowest BCUT2D eigenvalue weighted by Gasteiger charge is -2.09. The highest BCUT2D eigenvalue weighted by Crippen LogP contribution is 2.32. The van der Waals surface area contributed by atoms with Crippen LogP contribution in [-0.4, -0.2) is 24.2 Å². The summed E-state index contributed by atoms with van der Waals surface area (Å²) < 4.78 is 10.3. The minimum absolute atomic E-state index is 0.0912. The second-order valence-corrected chi connectivity index (χ2v) is 3.44. The molecule has 1 aromatic heterocycles. The molecular weight excluding hydrogens is 230 g/mol. The summed E-state index contributed by atoms with van der Waals surface area (Å²) in [7, 11) is 3.11. The van der Waals surface area contributed by atoms with E-state index in [0.29, 0.717) is 28.2 Å². The van der Waals surface area contributed by atoms with Crippen LogP contribution in [0.4, 0.5) is 5.82 Å². The number of anilines is 1. The first kappa shape index (κ1) is 10.8. The number of fused-ring (bicyclic) bond motifs is 1. The van der Waals surface area contributed by atoms with Gasteiger partial charge in [0.05, 0.1) is 19.6 Å². The van der Waals surface area contributed by atoms with Crippen molar-refractivity contribution in [1.29, 1.82) is 0 Å². The van der Waals surface area contributed by atoms with Crippen LogP contribution in [0.3, 0.4) is 0 Å². The summed E-state index contributed by atoms with van der Waals surface area (Å²) in [5.74, 6) is 1.47. The first-order valence-corrected chi connectivity index (χ1v) is 4.88. The first-order valence-electron chi connectivity index (χ1n) is 4.50. The summed E-state index contributed by atoms with van der Waals surface area (Å²) in [6.45, 7) is 0. The Labute approximate surface area is 97.2 Å². The molecule has 2 rings (SSSR count). The zero-order chi connectivity index (χ0) is 11.7. The molecule has 0 unspecified atom stereocenters. The van der Waals surface area contributed by atoms with E-state index >= 15 is 0 Å². The molecule has 0 aliphatic rings. The largest absolute Gasteiger partial charge is 0.497 e. The maximum atomic E-state index is 5.76. The molecule has 1 heterocycles. The van der Waals surface area contributed by atoms with E-state index in [-0.39, 0.29) is 5.28 Å².